The number of nitrogens with two attached hydrogens (primary N) is 1. The molecule has 2 amide bonds. The van der Waals surface area contributed by atoms with Gasteiger partial charge >= 0.3 is 0 Å². The van der Waals surface area contributed by atoms with Crippen LogP contribution in [0.1, 0.15) is 42.6 Å². The first kappa shape index (κ1) is 20.4. The number of nitrogens with zero attached hydrogens (tertiary/aromatic N) is 2. The molecular formula is C18H27N3O4S. The van der Waals surface area contributed by atoms with Gasteiger partial charge in [-0.2, -0.15) is 4.31 Å². The van der Waals surface area contributed by atoms with E-state index < -0.39 is 15.9 Å². The van der Waals surface area contributed by atoms with E-state index in [4.69, 9.17) is 5.73 Å². The van der Waals surface area contributed by atoms with Crippen LogP contribution in [0.15, 0.2) is 23.1 Å². The number of benzene rings is 1. The van der Waals surface area contributed by atoms with E-state index in [0.717, 1.165) is 0 Å². The highest BCUT2D eigenvalue weighted by atomic mass is 32.2. The number of likely N-dealkylation sites (tertiary alicyclic amines) is 1. The molecule has 7 nitrogen and oxygen atoms in total. The Morgan fingerprint density at radius 1 is 1.27 bits per heavy atom. The van der Waals surface area contributed by atoms with Gasteiger partial charge in [-0.25, -0.2) is 8.42 Å². The first-order valence-corrected chi connectivity index (χ1v) is 10.4. The van der Waals surface area contributed by atoms with Crippen molar-refractivity contribution >= 4 is 21.8 Å². The smallest absolute Gasteiger partial charge is 0.253 e. The maximum Gasteiger partial charge on any atom is 0.253 e. The number of rotatable bonds is 6. The normalized spacial score (nSPS) is 18.2. The number of aryl methyl sites for hydroxylation is 1. The predicted molar refractivity (Wildman–Crippen MR) is 99.1 cm³/mol. The lowest BCUT2D eigenvalue weighted by molar-refractivity contribution is -0.123. The minimum absolute atomic E-state index is 0.149. The van der Waals surface area contributed by atoms with Gasteiger partial charge in [0.15, 0.2) is 0 Å². The van der Waals surface area contributed by atoms with Crippen molar-refractivity contribution in [3.05, 3.63) is 29.3 Å². The summed E-state index contributed by atoms with van der Waals surface area (Å²) in [7, 11) is -3.65. The molecule has 1 aliphatic rings. The summed E-state index contributed by atoms with van der Waals surface area (Å²) in [5, 5.41) is 0. The van der Waals surface area contributed by atoms with Crippen LogP contribution in [-0.4, -0.2) is 55.6 Å². The standard InChI is InChI=1S/C18H27N3O4S/c1-4-21(5-2)26(24,25)16-11-14(9-8-13(16)3)18(23)20-10-6-7-15(12-20)17(19)22/h8-9,11,15H,4-7,10,12H2,1-3H3,(H2,19,22)/t15-/m0/s1. The summed E-state index contributed by atoms with van der Waals surface area (Å²) in [6.07, 6.45) is 1.38. The van der Waals surface area contributed by atoms with Crippen molar-refractivity contribution in [2.75, 3.05) is 26.2 Å². The minimum atomic E-state index is -3.65. The van der Waals surface area contributed by atoms with Crippen LogP contribution in [0.5, 0.6) is 0 Å². The third kappa shape index (κ3) is 4.07. The molecule has 0 spiro atoms. The van der Waals surface area contributed by atoms with E-state index in [0.29, 0.717) is 43.6 Å². The van der Waals surface area contributed by atoms with Gasteiger partial charge in [0.25, 0.3) is 5.91 Å². The molecule has 1 fully saturated rings. The molecule has 1 aliphatic heterocycles. The summed E-state index contributed by atoms with van der Waals surface area (Å²) in [4.78, 5) is 26.0. The molecule has 144 valence electrons. The van der Waals surface area contributed by atoms with Crippen LogP contribution in [0.3, 0.4) is 0 Å². The van der Waals surface area contributed by atoms with Crippen LogP contribution in [-0.2, 0) is 14.8 Å². The molecule has 1 saturated heterocycles. The van der Waals surface area contributed by atoms with Crippen molar-refractivity contribution in [3.8, 4) is 0 Å². The van der Waals surface area contributed by atoms with E-state index in [1.165, 1.54) is 10.4 Å². The van der Waals surface area contributed by atoms with Gasteiger partial charge in [-0.15, -0.1) is 0 Å². The number of hydrogen-bond donors (Lipinski definition) is 1. The molecular weight excluding hydrogens is 354 g/mol. The van der Waals surface area contributed by atoms with Gasteiger partial charge in [0.05, 0.1) is 10.8 Å². The molecule has 8 heteroatoms. The number of amides is 2. The number of sulfonamides is 1. The van der Waals surface area contributed by atoms with Gasteiger partial charge in [-0.3, -0.25) is 9.59 Å². The average molecular weight is 381 g/mol. The monoisotopic (exact) mass is 381 g/mol. The lowest BCUT2D eigenvalue weighted by Gasteiger charge is -2.31. The van der Waals surface area contributed by atoms with Gasteiger partial charge in [0.2, 0.25) is 15.9 Å². The van der Waals surface area contributed by atoms with Crippen LogP contribution >= 0.6 is 0 Å². The Bertz CT molecular complexity index is 788. The third-order valence-corrected chi connectivity index (χ3v) is 7.06. The summed E-state index contributed by atoms with van der Waals surface area (Å²) in [6, 6.07) is 4.73. The average Bonchev–Trinajstić information content (AvgIpc) is 2.62. The number of carbonyl (C=O) groups excluding carboxylic acids is 2. The topological polar surface area (TPSA) is 101 Å². The Balaban J connectivity index is 2.34. The Morgan fingerprint density at radius 3 is 2.50 bits per heavy atom. The molecule has 2 N–H and O–H groups in total. The fourth-order valence-corrected chi connectivity index (χ4v) is 5.00. The van der Waals surface area contributed by atoms with Crippen molar-refractivity contribution in [1.82, 2.24) is 9.21 Å². The second-order valence-electron chi connectivity index (χ2n) is 6.56. The van der Waals surface area contributed by atoms with E-state index in [9.17, 15) is 18.0 Å². The lowest BCUT2D eigenvalue weighted by Crippen LogP contribution is -2.44. The maximum absolute atomic E-state index is 12.8. The maximum atomic E-state index is 12.8. The van der Waals surface area contributed by atoms with E-state index in [-0.39, 0.29) is 23.3 Å². The highest BCUT2D eigenvalue weighted by Gasteiger charge is 2.29. The Labute approximate surface area is 155 Å². The second-order valence-corrected chi connectivity index (χ2v) is 8.47. The zero-order chi connectivity index (χ0) is 19.5. The largest absolute Gasteiger partial charge is 0.369 e. The van der Waals surface area contributed by atoms with Crippen LogP contribution in [0.2, 0.25) is 0 Å². The predicted octanol–water partition coefficient (Wildman–Crippen LogP) is 1.36. The van der Waals surface area contributed by atoms with Crippen LogP contribution in [0, 0.1) is 12.8 Å². The minimum Gasteiger partial charge on any atom is -0.369 e. The summed E-state index contributed by atoms with van der Waals surface area (Å²) in [5.74, 6) is -1.03. The summed E-state index contributed by atoms with van der Waals surface area (Å²) in [6.45, 7) is 6.82. The highest BCUT2D eigenvalue weighted by molar-refractivity contribution is 7.89. The highest BCUT2D eigenvalue weighted by Crippen LogP contribution is 2.24. The van der Waals surface area contributed by atoms with Gasteiger partial charge in [-0.05, 0) is 37.5 Å². The van der Waals surface area contributed by atoms with Gasteiger partial charge in [-0.1, -0.05) is 19.9 Å². The quantitative estimate of drug-likeness (QED) is 0.804. The van der Waals surface area contributed by atoms with Crippen molar-refractivity contribution in [1.29, 1.82) is 0 Å². The molecule has 26 heavy (non-hydrogen) atoms. The Morgan fingerprint density at radius 2 is 1.92 bits per heavy atom. The molecule has 0 aromatic heterocycles. The van der Waals surface area contributed by atoms with Crippen molar-refractivity contribution in [2.45, 2.75) is 38.5 Å². The SMILES string of the molecule is CCN(CC)S(=O)(=O)c1cc(C(=O)N2CCC[C@H](C(N)=O)C2)ccc1C. The number of hydrogen-bond acceptors (Lipinski definition) is 4. The number of primary amides is 1. The molecule has 2 rings (SSSR count). The zero-order valence-corrected chi connectivity index (χ0v) is 16.4. The van der Waals surface area contributed by atoms with Gasteiger partial charge < -0.3 is 10.6 Å². The van der Waals surface area contributed by atoms with Crippen LogP contribution in [0.4, 0.5) is 0 Å². The number of piperidine rings is 1. The third-order valence-electron chi connectivity index (χ3n) is 4.87. The molecule has 0 radical (unpaired) electrons. The molecule has 1 atom stereocenters. The summed E-state index contributed by atoms with van der Waals surface area (Å²) >= 11 is 0. The molecule has 1 aromatic rings. The summed E-state index contributed by atoms with van der Waals surface area (Å²) < 4.78 is 27.1. The first-order valence-electron chi connectivity index (χ1n) is 8.91. The van der Waals surface area contributed by atoms with Crippen molar-refractivity contribution in [2.24, 2.45) is 11.7 Å². The van der Waals surface area contributed by atoms with Crippen LogP contribution in [0.25, 0.3) is 0 Å². The van der Waals surface area contributed by atoms with E-state index in [2.05, 4.69) is 0 Å². The second kappa shape index (κ2) is 8.18. The number of carbonyl (C=O) groups is 2. The van der Waals surface area contributed by atoms with E-state index >= 15 is 0 Å². The van der Waals surface area contributed by atoms with Crippen molar-refractivity contribution < 1.29 is 18.0 Å². The fourth-order valence-electron chi connectivity index (χ4n) is 3.29. The van der Waals surface area contributed by atoms with Crippen molar-refractivity contribution in [3.63, 3.8) is 0 Å². The Hall–Kier alpha value is -1.93. The molecule has 0 unspecified atom stereocenters. The fraction of sp³-hybridized carbons (Fsp3) is 0.556. The van der Waals surface area contributed by atoms with Gasteiger partial charge in [0, 0.05) is 31.7 Å². The molecule has 0 saturated carbocycles. The first-order chi connectivity index (χ1) is 12.2. The molecule has 0 aliphatic carbocycles. The summed E-state index contributed by atoms with van der Waals surface area (Å²) in [5.41, 5.74) is 6.28. The van der Waals surface area contributed by atoms with E-state index in [1.807, 2.05) is 0 Å². The van der Waals surface area contributed by atoms with Crippen LogP contribution < -0.4 is 5.73 Å². The molecule has 0 bridgehead atoms. The molecule has 1 heterocycles. The van der Waals surface area contributed by atoms with E-state index in [1.54, 1.807) is 37.8 Å². The zero-order valence-electron chi connectivity index (χ0n) is 15.6. The van der Waals surface area contributed by atoms with Gasteiger partial charge in [0.1, 0.15) is 0 Å². The Kier molecular flexibility index (Phi) is 6.41. The molecule has 1 aromatic carbocycles. The lowest BCUT2D eigenvalue weighted by atomic mass is 9.97.